The van der Waals surface area contributed by atoms with Crippen molar-refractivity contribution in [3.05, 3.63) is 24.3 Å². The van der Waals surface area contributed by atoms with Crippen LogP contribution in [-0.4, -0.2) is 21.2 Å². The van der Waals surface area contributed by atoms with Crippen LogP contribution in [0.1, 0.15) is 61.8 Å². The number of nitrogens with one attached hydrogen (secondary N) is 1. The minimum Gasteiger partial charge on any atom is -0.495 e. The second-order valence-corrected chi connectivity index (χ2v) is 14.3. The number of hydrogen-bond donors (Lipinski definition) is 1. The highest BCUT2D eigenvalue weighted by atomic mass is 28.3. The molecule has 0 spiro atoms. The average molecular weight is 374 g/mol. The van der Waals surface area contributed by atoms with Gasteiger partial charge in [-0.25, -0.2) is 0 Å². The van der Waals surface area contributed by atoms with E-state index in [2.05, 4.69) is 78.2 Å². The molecule has 1 unspecified atom stereocenters. The molecule has 146 valence electrons. The van der Waals surface area contributed by atoms with Crippen LogP contribution in [0.4, 0.5) is 5.69 Å². The molecule has 0 amide bonds. The first-order valence-corrected chi connectivity index (χ1v) is 12.3. The molecule has 0 aliphatic carbocycles. The Labute approximate surface area is 163 Å². The van der Waals surface area contributed by atoms with Crippen LogP contribution in [-0.2, 0) is 0 Å². The third kappa shape index (κ3) is 5.55. The van der Waals surface area contributed by atoms with Gasteiger partial charge in [-0.05, 0) is 41.1 Å². The number of hydrogen-bond acceptors (Lipinski definition) is 2. The van der Waals surface area contributed by atoms with Gasteiger partial charge in [0.1, 0.15) is 13.8 Å². The van der Waals surface area contributed by atoms with Crippen LogP contribution in [0.25, 0.3) is 0 Å². The highest BCUT2D eigenvalue weighted by Gasteiger charge is 2.41. The van der Waals surface area contributed by atoms with E-state index in [4.69, 9.17) is 4.74 Å². The minimum absolute atomic E-state index is 0.148. The van der Waals surface area contributed by atoms with E-state index in [1.165, 1.54) is 0 Å². The molecule has 1 rings (SSSR count). The molecule has 0 saturated carbocycles. The van der Waals surface area contributed by atoms with Crippen molar-refractivity contribution in [3.8, 4) is 17.2 Å². The lowest BCUT2D eigenvalue weighted by Gasteiger charge is -2.38. The van der Waals surface area contributed by atoms with Gasteiger partial charge < -0.3 is 10.1 Å². The molecule has 0 heterocycles. The fourth-order valence-corrected chi connectivity index (χ4v) is 9.51. The summed E-state index contributed by atoms with van der Waals surface area (Å²) in [5, 5.41) is 3.64. The molecule has 0 aliphatic rings. The molecule has 3 heteroatoms. The van der Waals surface area contributed by atoms with Crippen molar-refractivity contribution in [2.75, 3.05) is 12.4 Å². The van der Waals surface area contributed by atoms with Gasteiger partial charge in [0.15, 0.2) is 0 Å². The zero-order chi connectivity index (χ0) is 19.9. The molecule has 26 heavy (non-hydrogen) atoms. The van der Waals surface area contributed by atoms with Crippen LogP contribution in [0, 0.1) is 17.4 Å². The molecule has 1 aromatic rings. The van der Waals surface area contributed by atoms with Crippen molar-refractivity contribution < 1.29 is 4.74 Å². The lowest BCUT2D eigenvalue weighted by Crippen LogP contribution is -2.43. The quantitative estimate of drug-likeness (QED) is 0.402. The summed E-state index contributed by atoms with van der Waals surface area (Å²) in [6.45, 7) is 18.7. The summed E-state index contributed by atoms with van der Waals surface area (Å²) in [5.74, 6) is 5.15. The number of benzene rings is 1. The van der Waals surface area contributed by atoms with Crippen LogP contribution in [0.5, 0.6) is 5.75 Å². The summed E-state index contributed by atoms with van der Waals surface area (Å²) in [6, 6.07) is 8.26. The monoisotopic (exact) mass is 373 g/mol. The van der Waals surface area contributed by atoms with E-state index in [0.29, 0.717) is 22.5 Å². The summed E-state index contributed by atoms with van der Waals surface area (Å²) >= 11 is 0. The van der Waals surface area contributed by atoms with Gasteiger partial charge in [0.25, 0.3) is 0 Å². The van der Waals surface area contributed by atoms with E-state index in [1.54, 1.807) is 7.11 Å². The van der Waals surface area contributed by atoms with E-state index < -0.39 is 8.07 Å². The molecule has 1 atom stereocenters. The number of para-hydroxylation sites is 2. The first-order chi connectivity index (χ1) is 12.1. The minimum atomic E-state index is -1.71. The lowest BCUT2D eigenvalue weighted by molar-refractivity contribution is 0.416. The highest BCUT2D eigenvalue weighted by molar-refractivity contribution is 6.90. The Hall–Kier alpha value is -1.40. The van der Waals surface area contributed by atoms with E-state index in [-0.39, 0.29) is 6.04 Å². The maximum absolute atomic E-state index is 5.51. The topological polar surface area (TPSA) is 21.3 Å². The van der Waals surface area contributed by atoms with Crippen LogP contribution in [0.15, 0.2) is 24.3 Å². The van der Waals surface area contributed by atoms with Gasteiger partial charge >= 0.3 is 0 Å². The second-order valence-electron chi connectivity index (χ2n) is 8.69. The van der Waals surface area contributed by atoms with E-state index in [9.17, 15) is 0 Å². The smallest absolute Gasteiger partial charge is 0.146 e. The van der Waals surface area contributed by atoms with Crippen LogP contribution in [0.3, 0.4) is 0 Å². The maximum Gasteiger partial charge on any atom is 0.146 e. The Morgan fingerprint density at radius 3 is 1.92 bits per heavy atom. The molecule has 1 aromatic carbocycles. The standard InChI is InChI=1S/C23H39NOSi/c1-17(2)16-21(24-22-12-10-11-13-23(22)25-9)14-15-26(18(3)4,19(5)6)20(7)8/h10-13,17-21,24H,16H2,1-9H3. The number of ether oxygens (including phenoxy) is 1. The fraction of sp³-hybridized carbons (Fsp3) is 0.652. The van der Waals surface area contributed by atoms with Gasteiger partial charge in [0.2, 0.25) is 0 Å². The van der Waals surface area contributed by atoms with Crippen molar-refractivity contribution in [2.45, 2.75) is 84.5 Å². The summed E-state index contributed by atoms with van der Waals surface area (Å²) in [6.07, 6.45) is 1.03. The summed E-state index contributed by atoms with van der Waals surface area (Å²) in [4.78, 5) is 0. The third-order valence-corrected chi connectivity index (χ3v) is 11.8. The summed E-state index contributed by atoms with van der Waals surface area (Å²) < 4.78 is 5.51. The fourth-order valence-electron chi connectivity index (χ4n) is 4.22. The highest BCUT2D eigenvalue weighted by Crippen LogP contribution is 2.40. The summed E-state index contributed by atoms with van der Waals surface area (Å²) in [7, 11) is 0.00724. The van der Waals surface area contributed by atoms with Crippen molar-refractivity contribution in [1.29, 1.82) is 0 Å². The largest absolute Gasteiger partial charge is 0.495 e. The molecule has 0 fully saturated rings. The van der Waals surface area contributed by atoms with Crippen LogP contribution in [0.2, 0.25) is 16.6 Å². The Morgan fingerprint density at radius 2 is 1.46 bits per heavy atom. The van der Waals surface area contributed by atoms with Gasteiger partial charge in [0.05, 0.1) is 18.8 Å². The Bertz CT molecular complexity index is 588. The molecule has 0 aromatic heterocycles. The zero-order valence-corrected chi connectivity index (χ0v) is 19.3. The van der Waals surface area contributed by atoms with Crippen molar-refractivity contribution in [1.82, 2.24) is 0 Å². The molecule has 0 saturated heterocycles. The normalized spacial score (nSPS) is 13.1. The van der Waals surface area contributed by atoms with Crippen molar-refractivity contribution in [2.24, 2.45) is 5.92 Å². The first-order valence-electron chi connectivity index (χ1n) is 10.1. The SMILES string of the molecule is COc1ccccc1NC(C#C[Si](C(C)C)(C(C)C)C(C)C)CC(C)C. The third-order valence-electron chi connectivity index (χ3n) is 5.47. The van der Waals surface area contributed by atoms with Crippen molar-refractivity contribution in [3.63, 3.8) is 0 Å². The van der Waals surface area contributed by atoms with Gasteiger partial charge in [-0.3, -0.25) is 0 Å². The van der Waals surface area contributed by atoms with Gasteiger partial charge in [0, 0.05) is 0 Å². The molecule has 0 bridgehead atoms. The Balaban J connectivity index is 3.24. The lowest BCUT2D eigenvalue weighted by atomic mass is 10.0. The first kappa shape index (κ1) is 22.6. The number of methoxy groups -OCH3 is 1. The average Bonchev–Trinajstić information content (AvgIpc) is 2.54. The molecular weight excluding hydrogens is 334 g/mol. The maximum atomic E-state index is 5.51. The van der Waals surface area contributed by atoms with Gasteiger partial charge in [-0.2, -0.15) is 0 Å². The van der Waals surface area contributed by atoms with Gasteiger partial charge in [-0.1, -0.05) is 73.4 Å². The summed E-state index contributed by atoms with van der Waals surface area (Å²) in [5.41, 5.74) is 6.87. The van der Waals surface area contributed by atoms with E-state index in [0.717, 1.165) is 17.9 Å². The Morgan fingerprint density at radius 1 is 0.923 bits per heavy atom. The number of anilines is 1. The predicted octanol–water partition coefficient (Wildman–Crippen LogP) is 6.74. The molecule has 2 nitrogen and oxygen atoms in total. The Kier molecular flexibility index (Phi) is 8.76. The van der Waals surface area contributed by atoms with Gasteiger partial charge in [-0.15, -0.1) is 5.54 Å². The van der Waals surface area contributed by atoms with Crippen LogP contribution >= 0.6 is 0 Å². The molecule has 0 radical (unpaired) electrons. The number of rotatable bonds is 8. The van der Waals surface area contributed by atoms with E-state index >= 15 is 0 Å². The molecular formula is C23H39NOSi. The zero-order valence-electron chi connectivity index (χ0n) is 18.3. The van der Waals surface area contributed by atoms with Crippen LogP contribution < -0.4 is 10.1 Å². The molecule has 0 aliphatic heterocycles. The van der Waals surface area contributed by atoms with E-state index in [1.807, 2.05) is 18.2 Å². The molecule has 1 N–H and O–H groups in total. The predicted molar refractivity (Wildman–Crippen MR) is 119 cm³/mol. The van der Waals surface area contributed by atoms with Crippen molar-refractivity contribution >= 4 is 13.8 Å². The second kappa shape index (κ2) is 10.1.